The van der Waals surface area contributed by atoms with Crippen molar-refractivity contribution in [2.75, 3.05) is 13.1 Å². The third kappa shape index (κ3) is 2.99. The standard InChI is InChI=1S/C17H23N5O2/c1-3-19-17(24)14-8-12(18)10-22(14)16(23)9-13-11(2)20-15-6-4-5-7-21(13)15/h4-7,12,14H,3,8-10,18H2,1-2H3,(H,19,24)/t12-,14-/m0/s1. The normalized spacial score (nSPS) is 20.5. The number of carbonyl (C=O) groups excluding carboxylic acids is 2. The molecule has 0 spiro atoms. The van der Waals surface area contributed by atoms with Gasteiger partial charge in [0.15, 0.2) is 0 Å². The number of likely N-dealkylation sites (tertiary alicyclic amines) is 1. The van der Waals surface area contributed by atoms with Crippen LogP contribution in [0.4, 0.5) is 0 Å². The third-order valence-corrected chi connectivity index (χ3v) is 4.46. The van der Waals surface area contributed by atoms with E-state index in [2.05, 4.69) is 10.3 Å². The van der Waals surface area contributed by atoms with Gasteiger partial charge in [-0.05, 0) is 32.4 Å². The number of nitrogens with two attached hydrogens (primary N) is 1. The lowest BCUT2D eigenvalue weighted by molar-refractivity contribution is -0.138. The Bertz CT molecular complexity index is 769. The summed E-state index contributed by atoms with van der Waals surface area (Å²) < 4.78 is 1.92. The van der Waals surface area contributed by atoms with Crippen LogP contribution >= 0.6 is 0 Å². The van der Waals surface area contributed by atoms with E-state index in [1.807, 2.05) is 42.6 Å². The van der Waals surface area contributed by atoms with Gasteiger partial charge in [0.2, 0.25) is 11.8 Å². The van der Waals surface area contributed by atoms with Crippen LogP contribution in [0.2, 0.25) is 0 Å². The summed E-state index contributed by atoms with van der Waals surface area (Å²) in [5.74, 6) is -0.221. The van der Waals surface area contributed by atoms with Crippen molar-refractivity contribution in [1.82, 2.24) is 19.6 Å². The van der Waals surface area contributed by atoms with Gasteiger partial charge < -0.3 is 20.4 Å². The summed E-state index contributed by atoms with van der Waals surface area (Å²) in [6.07, 6.45) is 2.61. The molecule has 24 heavy (non-hydrogen) atoms. The molecule has 0 saturated carbocycles. The molecule has 3 N–H and O–H groups in total. The smallest absolute Gasteiger partial charge is 0.242 e. The Labute approximate surface area is 140 Å². The summed E-state index contributed by atoms with van der Waals surface area (Å²) in [4.78, 5) is 31.1. The average Bonchev–Trinajstić information content (AvgIpc) is 3.09. The molecule has 2 atom stereocenters. The highest BCUT2D eigenvalue weighted by Crippen LogP contribution is 2.20. The second-order valence-corrected chi connectivity index (χ2v) is 6.20. The molecular weight excluding hydrogens is 306 g/mol. The highest BCUT2D eigenvalue weighted by Gasteiger charge is 2.38. The molecule has 1 saturated heterocycles. The highest BCUT2D eigenvalue weighted by molar-refractivity contribution is 5.89. The van der Waals surface area contributed by atoms with E-state index in [1.54, 1.807) is 4.90 Å². The minimum Gasteiger partial charge on any atom is -0.355 e. The van der Waals surface area contributed by atoms with E-state index < -0.39 is 6.04 Å². The molecule has 0 aliphatic carbocycles. The SMILES string of the molecule is CCNC(=O)[C@@H]1C[C@H](N)CN1C(=O)Cc1c(C)nc2ccccn12. The fourth-order valence-corrected chi connectivity index (χ4v) is 3.31. The quantitative estimate of drug-likeness (QED) is 0.841. The number of rotatable bonds is 4. The van der Waals surface area contributed by atoms with Crippen LogP contribution in [0.15, 0.2) is 24.4 Å². The fraction of sp³-hybridized carbons (Fsp3) is 0.471. The van der Waals surface area contributed by atoms with E-state index in [1.165, 1.54) is 0 Å². The van der Waals surface area contributed by atoms with Crippen molar-refractivity contribution in [2.45, 2.75) is 38.8 Å². The monoisotopic (exact) mass is 329 g/mol. The van der Waals surface area contributed by atoms with E-state index >= 15 is 0 Å². The Morgan fingerprint density at radius 3 is 2.96 bits per heavy atom. The summed E-state index contributed by atoms with van der Waals surface area (Å²) >= 11 is 0. The van der Waals surface area contributed by atoms with Gasteiger partial charge in [-0.2, -0.15) is 0 Å². The first-order valence-electron chi connectivity index (χ1n) is 8.26. The number of hydrogen-bond donors (Lipinski definition) is 2. The van der Waals surface area contributed by atoms with Crippen molar-refractivity contribution in [2.24, 2.45) is 5.73 Å². The number of aromatic nitrogens is 2. The zero-order valence-electron chi connectivity index (χ0n) is 14.0. The number of hydrogen-bond acceptors (Lipinski definition) is 4. The van der Waals surface area contributed by atoms with Crippen LogP contribution in [-0.2, 0) is 16.0 Å². The molecule has 0 unspecified atom stereocenters. The van der Waals surface area contributed by atoms with E-state index in [-0.39, 0.29) is 24.3 Å². The van der Waals surface area contributed by atoms with Gasteiger partial charge >= 0.3 is 0 Å². The van der Waals surface area contributed by atoms with Crippen LogP contribution < -0.4 is 11.1 Å². The van der Waals surface area contributed by atoms with Crippen LogP contribution in [0.1, 0.15) is 24.7 Å². The Morgan fingerprint density at radius 1 is 1.42 bits per heavy atom. The Morgan fingerprint density at radius 2 is 2.21 bits per heavy atom. The molecule has 3 heterocycles. The number of pyridine rings is 1. The molecule has 0 bridgehead atoms. The number of nitrogens with zero attached hydrogens (tertiary/aromatic N) is 3. The maximum absolute atomic E-state index is 12.8. The van der Waals surface area contributed by atoms with E-state index in [0.717, 1.165) is 17.0 Å². The minimum absolute atomic E-state index is 0.0899. The number of amides is 2. The molecule has 0 radical (unpaired) electrons. The number of imidazole rings is 1. The maximum atomic E-state index is 12.8. The Hall–Kier alpha value is -2.41. The first-order valence-corrected chi connectivity index (χ1v) is 8.26. The van der Waals surface area contributed by atoms with E-state index in [9.17, 15) is 9.59 Å². The summed E-state index contributed by atoms with van der Waals surface area (Å²) in [6.45, 7) is 4.71. The van der Waals surface area contributed by atoms with E-state index in [0.29, 0.717) is 19.5 Å². The molecule has 0 aromatic carbocycles. The Kier molecular flexibility index (Phi) is 4.53. The maximum Gasteiger partial charge on any atom is 0.242 e. The molecule has 1 aliphatic heterocycles. The van der Waals surface area contributed by atoms with Gasteiger partial charge in [0.05, 0.1) is 17.8 Å². The topological polar surface area (TPSA) is 92.7 Å². The van der Waals surface area contributed by atoms with Gasteiger partial charge in [0.1, 0.15) is 11.7 Å². The van der Waals surface area contributed by atoms with Crippen molar-refractivity contribution in [1.29, 1.82) is 0 Å². The summed E-state index contributed by atoms with van der Waals surface area (Å²) in [5.41, 5.74) is 8.48. The van der Waals surface area contributed by atoms with Crippen molar-refractivity contribution >= 4 is 17.5 Å². The molecule has 128 valence electrons. The molecule has 7 heteroatoms. The van der Waals surface area contributed by atoms with Crippen LogP contribution in [0, 0.1) is 6.92 Å². The van der Waals surface area contributed by atoms with Crippen molar-refractivity contribution in [3.05, 3.63) is 35.8 Å². The van der Waals surface area contributed by atoms with Gasteiger partial charge in [-0.3, -0.25) is 9.59 Å². The predicted octanol–water partition coefficient (Wildman–Crippen LogP) is 0.250. The predicted molar refractivity (Wildman–Crippen MR) is 90.4 cm³/mol. The van der Waals surface area contributed by atoms with Gasteiger partial charge in [-0.15, -0.1) is 0 Å². The molecule has 2 aromatic rings. The summed E-state index contributed by atoms with van der Waals surface area (Å²) in [6, 6.07) is 5.09. The second kappa shape index (κ2) is 6.60. The summed E-state index contributed by atoms with van der Waals surface area (Å²) in [5, 5.41) is 2.79. The number of likely N-dealkylation sites (N-methyl/N-ethyl adjacent to an activating group) is 1. The first-order chi connectivity index (χ1) is 11.5. The molecule has 7 nitrogen and oxygen atoms in total. The zero-order chi connectivity index (χ0) is 17.3. The number of nitrogens with one attached hydrogen (secondary N) is 1. The minimum atomic E-state index is -0.480. The van der Waals surface area contributed by atoms with E-state index in [4.69, 9.17) is 5.73 Å². The number of carbonyl (C=O) groups is 2. The molecule has 2 aromatic heterocycles. The lowest BCUT2D eigenvalue weighted by Crippen LogP contribution is -2.46. The molecule has 3 rings (SSSR count). The zero-order valence-corrected chi connectivity index (χ0v) is 14.0. The van der Waals surface area contributed by atoms with Gasteiger partial charge in [-0.25, -0.2) is 4.98 Å². The highest BCUT2D eigenvalue weighted by atomic mass is 16.2. The first kappa shape index (κ1) is 16.4. The van der Waals surface area contributed by atoms with Crippen molar-refractivity contribution in [3.63, 3.8) is 0 Å². The number of fused-ring (bicyclic) bond motifs is 1. The average molecular weight is 329 g/mol. The van der Waals surface area contributed by atoms with Gasteiger partial charge in [0, 0.05) is 25.3 Å². The molecule has 1 fully saturated rings. The molecular formula is C17H23N5O2. The molecule has 1 aliphatic rings. The third-order valence-electron chi connectivity index (χ3n) is 4.46. The largest absolute Gasteiger partial charge is 0.355 e. The van der Waals surface area contributed by atoms with Crippen LogP contribution in [-0.4, -0.2) is 51.3 Å². The summed E-state index contributed by atoms with van der Waals surface area (Å²) in [7, 11) is 0. The lowest BCUT2D eigenvalue weighted by atomic mass is 10.1. The van der Waals surface area contributed by atoms with Crippen molar-refractivity contribution < 1.29 is 9.59 Å². The Balaban J connectivity index is 1.82. The number of aryl methyl sites for hydroxylation is 1. The lowest BCUT2D eigenvalue weighted by Gasteiger charge is -2.23. The van der Waals surface area contributed by atoms with Gasteiger partial charge in [0.25, 0.3) is 0 Å². The van der Waals surface area contributed by atoms with Crippen LogP contribution in [0.5, 0.6) is 0 Å². The second-order valence-electron chi connectivity index (χ2n) is 6.20. The molecule has 2 amide bonds. The fourth-order valence-electron chi connectivity index (χ4n) is 3.31. The van der Waals surface area contributed by atoms with Crippen molar-refractivity contribution in [3.8, 4) is 0 Å². The van der Waals surface area contributed by atoms with Gasteiger partial charge in [-0.1, -0.05) is 6.07 Å². The van der Waals surface area contributed by atoms with Crippen LogP contribution in [0.3, 0.4) is 0 Å². The van der Waals surface area contributed by atoms with Crippen LogP contribution in [0.25, 0.3) is 5.65 Å².